The zero-order valence-corrected chi connectivity index (χ0v) is 20.8. The summed E-state index contributed by atoms with van der Waals surface area (Å²) in [6.45, 7) is 3.21. The molecule has 2 aromatic carbocycles. The molecule has 1 saturated heterocycles. The summed E-state index contributed by atoms with van der Waals surface area (Å²) in [5, 5.41) is 48.0. The quantitative estimate of drug-likeness (QED) is 0.297. The first-order chi connectivity index (χ1) is 18.7. The van der Waals surface area contributed by atoms with Crippen LogP contribution in [0.25, 0.3) is 16.9 Å². The van der Waals surface area contributed by atoms with E-state index in [1.165, 1.54) is 12.5 Å². The molecular formula is C25H25F3N6O5. The first-order valence-electron chi connectivity index (χ1n) is 12.0. The van der Waals surface area contributed by atoms with Crippen molar-refractivity contribution in [3.8, 4) is 22.7 Å². The Morgan fingerprint density at radius 1 is 1.03 bits per heavy atom. The minimum atomic E-state index is -1.62. The maximum Gasteiger partial charge on any atom is 0.194 e. The van der Waals surface area contributed by atoms with E-state index in [0.29, 0.717) is 11.4 Å². The van der Waals surface area contributed by atoms with Crippen molar-refractivity contribution >= 4 is 0 Å². The Balaban J connectivity index is 1.47. The topological polar surface area (TPSA) is 141 Å². The fourth-order valence-electron chi connectivity index (χ4n) is 4.48. The van der Waals surface area contributed by atoms with Crippen molar-refractivity contribution in [2.45, 2.75) is 50.4 Å². The predicted molar refractivity (Wildman–Crippen MR) is 128 cm³/mol. The molecule has 3 heterocycles. The first-order valence-corrected chi connectivity index (χ1v) is 12.0. The highest BCUT2D eigenvalue weighted by atomic mass is 19.2. The van der Waals surface area contributed by atoms with Crippen molar-refractivity contribution in [3.05, 3.63) is 72.2 Å². The van der Waals surface area contributed by atoms with E-state index in [0.717, 1.165) is 16.8 Å². The molecule has 1 aliphatic heterocycles. The molecule has 0 saturated carbocycles. The van der Waals surface area contributed by atoms with Gasteiger partial charge in [-0.15, -0.1) is 15.3 Å². The molecule has 1 aliphatic rings. The minimum absolute atomic E-state index is 0.00992. The van der Waals surface area contributed by atoms with Gasteiger partial charge >= 0.3 is 0 Å². The summed E-state index contributed by atoms with van der Waals surface area (Å²) in [4.78, 5) is 0. The van der Waals surface area contributed by atoms with Crippen molar-refractivity contribution in [1.29, 1.82) is 0 Å². The highest BCUT2D eigenvalue weighted by molar-refractivity contribution is 5.58. The molecule has 11 nitrogen and oxygen atoms in total. The molecule has 39 heavy (non-hydrogen) atoms. The molecule has 0 amide bonds. The predicted octanol–water partition coefficient (Wildman–Crippen LogP) is 2.13. The molecule has 206 valence electrons. The number of ether oxygens (including phenoxy) is 2. The lowest BCUT2D eigenvalue weighted by atomic mass is 9.92. The summed E-state index contributed by atoms with van der Waals surface area (Å²) in [6, 6.07) is 7.34. The van der Waals surface area contributed by atoms with E-state index in [1.54, 1.807) is 28.8 Å². The second-order valence-corrected chi connectivity index (χ2v) is 9.31. The molecule has 0 bridgehead atoms. The Kier molecular flexibility index (Phi) is 7.36. The van der Waals surface area contributed by atoms with Crippen LogP contribution in [0.15, 0.2) is 48.9 Å². The Labute approximate surface area is 220 Å². The van der Waals surface area contributed by atoms with Crippen LogP contribution in [0, 0.1) is 17.5 Å². The molecule has 4 aromatic rings. The Morgan fingerprint density at radius 2 is 1.72 bits per heavy atom. The van der Waals surface area contributed by atoms with Gasteiger partial charge in [0.1, 0.15) is 48.2 Å². The van der Waals surface area contributed by atoms with Crippen LogP contribution in [0.2, 0.25) is 0 Å². The molecule has 14 heteroatoms. The van der Waals surface area contributed by atoms with Gasteiger partial charge in [0.05, 0.1) is 18.9 Å². The Hall–Kier alpha value is -3.85. The fourth-order valence-corrected chi connectivity index (χ4v) is 4.48. The minimum Gasteiger partial charge on any atom is -0.491 e. The summed E-state index contributed by atoms with van der Waals surface area (Å²) in [7, 11) is 0. The van der Waals surface area contributed by atoms with Crippen LogP contribution in [0.5, 0.6) is 5.75 Å². The third kappa shape index (κ3) is 5.11. The number of aliphatic hydroxyl groups is 3. The van der Waals surface area contributed by atoms with Crippen LogP contribution in [0.4, 0.5) is 13.2 Å². The van der Waals surface area contributed by atoms with Crippen molar-refractivity contribution in [2.75, 3.05) is 6.61 Å². The number of aromatic nitrogens is 6. The lowest BCUT2D eigenvalue weighted by molar-refractivity contribution is -0.210. The number of rotatable bonds is 7. The van der Waals surface area contributed by atoms with Gasteiger partial charge < -0.3 is 24.8 Å². The monoisotopic (exact) mass is 546 g/mol. The number of hydrogen-bond donors (Lipinski definition) is 3. The maximum absolute atomic E-state index is 13.8. The lowest BCUT2D eigenvalue weighted by Crippen LogP contribution is -2.53. The van der Waals surface area contributed by atoms with Crippen molar-refractivity contribution in [2.24, 2.45) is 0 Å². The number of benzene rings is 2. The molecule has 3 N–H and O–H groups in total. The van der Waals surface area contributed by atoms with Crippen LogP contribution in [0.3, 0.4) is 0 Å². The van der Waals surface area contributed by atoms with Crippen LogP contribution in [0.1, 0.15) is 31.8 Å². The molecule has 5 rings (SSSR count). The van der Waals surface area contributed by atoms with E-state index in [2.05, 4.69) is 20.5 Å². The van der Waals surface area contributed by atoms with E-state index in [-0.39, 0.29) is 23.2 Å². The van der Waals surface area contributed by atoms with Gasteiger partial charge in [-0.05, 0) is 50.2 Å². The highest BCUT2D eigenvalue weighted by Crippen LogP contribution is 2.38. The summed E-state index contributed by atoms with van der Waals surface area (Å²) < 4.78 is 55.1. The highest BCUT2D eigenvalue weighted by Gasteiger charge is 2.48. The summed E-state index contributed by atoms with van der Waals surface area (Å²) >= 11 is 0. The number of hydrogen-bond acceptors (Lipinski definition) is 9. The van der Waals surface area contributed by atoms with Gasteiger partial charge in [-0.25, -0.2) is 17.9 Å². The van der Waals surface area contributed by atoms with Gasteiger partial charge in [0.15, 0.2) is 23.3 Å². The SMILES string of the molecule is CC(C)Oc1ccc(-n2cnnc2[C@@H]2O[C@H](CO)[C@H](O)[C@H](n3cc(-c4cc(F)c(F)c(F)c4)nn3)[C@H]2O)cc1. The molecule has 5 atom stereocenters. The molecule has 2 aromatic heterocycles. The van der Waals surface area contributed by atoms with Crippen LogP contribution in [-0.4, -0.2) is 76.1 Å². The Bertz CT molecular complexity index is 1420. The maximum atomic E-state index is 13.8. The van der Waals surface area contributed by atoms with E-state index in [1.807, 2.05) is 13.8 Å². The van der Waals surface area contributed by atoms with Crippen molar-refractivity contribution < 1.29 is 38.0 Å². The van der Waals surface area contributed by atoms with Crippen LogP contribution in [-0.2, 0) is 4.74 Å². The van der Waals surface area contributed by atoms with Gasteiger partial charge in [-0.2, -0.15) is 0 Å². The summed E-state index contributed by atoms with van der Waals surface area (Å²) in [6.07, 6.45) is -2.64. The standard InChI is InChI=1S/C25H25F3N6O5/c1-12(2)38-15-5-3-14(4-6-15)33-11-29-31-25(33)24-23(37)21(22(36)19(10-35)39-24)34-9-18(30-32-34)13-7-16(26)20(28)17(27)8-13/h3-9,11-12,19,21-24,35-37H,10H2,1-2H3/t19-,21+,22+,23-,24-/m1/s1. The zero-order valence-electron chi connectivity index (χ0n) is 20.8. The molecule has 0 spiro atoms. The normalized spacial score (nSPS) is 23.4. The van der Waals surface area contributed by atoms with Gasteiger partial charge in [-0.3, -0.25) is 4.57 Å². The smallest absolute Gasteiger partial charge is 0.194 e. The second-order valence-electron chi connectivity index (χ2n) is 9.31. The third-order valence-corrected chi connectivity index (χ3v) is 6.30. The number of halogens is 3. The molecule has 0 aliphatic carbocycles. The van der Waals surface area contributed by atoms with Gasteiger partial charge in [0, 0.05) is 11.3 Å². The molecule has 0 radical (unpaired) electrons. The lowest BCUT2D eigenvalue weighted by Gasteiger charge is -2.41. The van der Waals surface area contributed by atoms with Crippen LogP contribution < -0.4 is 4.74 Å². The van der Waals surface area contributed by atoms with E-state index in [9.17, 15) is 28.5 Å². The van der Waals surface area contributed by atoms with Gasteiger partial charge in [0.25, 0.3) is 0 Å². The molecular weight excluding hydrogens is 521 g/mol. The Morgan fingerprint density at radius 3 is 2.36 bits per heavy atom. The molecule has 1 fully saturated rings. The van der Waals surface area contributed by atoms with E-state index < -0.39 is 54.5 Å². The molecule has 0 unspecified atom stereocenters. The van der Waals surface area contributed by atoms with Crippen molar-refractivity contribution in [1.82, 2.24) is 29.8 Å². The van der Waals surface area contributed by atoms with E-state index in [4.69, 9.17) is 9.47 Å². The van der Waals surface area contributed by atoms with Gasteiger partial charge in [-0.1, -0.05) is 5.21 Å². The van der Waals surface area contributed by atoms with E-state index >= 15 is 0 Å². The fraction of sp³-hybridized carbons (Fsp3) is 0.360. The van der Waals surface area contributed by atoms with Crippen molar-refractivity contribution in [3.63, 3.8) is 0 Å². The third-order valence-electron chi connectivity index (χ3n) is 6.30. The first kappa shape index (κ1) is 26.7. The largest absolute Gasteiger partial charge is 0.491 e. The zero-order chi connectivity index (χ0) is 27.8. The number of aliphatic hydroxyl groups excluding tert-OH is 3. The number of nitrogens with zero attached hydrogens (tertiary/aromatic N) is 6. The van der Waals surface area contributed by atoms with Crippen LogP contribution >= 0.6 is 0 Å². The average Bonchev–Trinajstić information content (AvgIpc) is 3.58. The average molecular weight is 547 g/mol. The van der Waals surface area contributed by atoms with Gasteiger partial charge in [0.2, 0.25) is 0 Å². The summed E-state index contributed by atoms with van der Waals surface area (Å²) in [5.74, 6) is -3.60. The second kappa shape index (κ2) is 10.7. The summed E-state index contributed by atoms with van der Waals surface area (Å²) in [5.41, 5.74) is 0.491.